The fourth-order valence-corrected chi connectivity index (χ4v) is 3.56. The lowest BCUT2D eigenvalue weighted by Gasteiger charge is -2.43. The van der Waals surface area contributed by atoms with Gasteiger partial charge in [-0.25, -0.2) is 0 Å². The highest BCUT2D eigenvalue weighted by Crippen LogP contribution is 2.46. The van der Waals surface area contributed by atoms with Gasteiger partial charge in [0.15, 0.2) is 5.78 Å². The molecule has 0 aromatic carbocycles. The maximum atomic E-state index is 12.8. The van der Waals surface area contributed by atoms with Crippen molar-refractivity contribution in [2.75, 3.05) is 0 Å². The first kappa shape index (κ1) is 21.0. The van der Waals surface area contributed by atoms with Crippen molar-refractivity contribution in [2.24, 2.45) is 11.8 Å². The Morgan fingerprint density at radius 1 is 1.15 bits per heavy atom. The number of ether oxygens (including phenoxy) is 2. The van der Waals surface area contributed by atoms with Crippen LogP contribution in [0.2, 0.25) is 0 Å². The van der Waals surface area contributed by atoms with E-state index in [0.29, 0.717) is 5.69 Å². The fraction of sp³-hybridized carbons (Fsp3) is 0.600. The molecule has 0 aliphatic heterocycles. The van der Waals surface area contributed by atoms with E-state index in [1.807, 2.05) is 0 Å². The smallest absolute Gasteiger partial charge is 0.317 e. The molecule has 1 N–H and O–H groups in total. The Morgan fingerprint density at radius 2 is 1.74 bits per heavy atom. The van der Waals surface area contributed by atoms with Gasteiger partial charge in [0.05, 0.1) is 23.7 Å². The van der Waals surface area contributed by atoms with Gasteiger partial charge in [-0.05, 0) is 46.8 Å². The van der Waals surface area contributed by atoms with Gasteiger partial charge in [0.1, 0.15) is 5.92 Å². The maximum Gasteiger partial charge on any atom is 0.317 e. The van der Waals surface area contributed by atoms with E-state index in [1.54, 1.807) is 45.9 Å². The Hall–Kier alpha value is -2.28. The van der Waals surface area contributed by atoms with Crippen molar-refractivity contribution in [1.29, 1.82) is 0 Å². The summed E-state index contributed by atoms with van der Waals surface area (Å²) in [5, 5.41) is 10.9. The lowest BCUT2D eigenvalue weighted by atomic mass is 9.62. The highest BCUT2D eigenvalue weighted by molar-refractivity contribution is 6.02. The second kappa shape index (κ2) is 8.17. The predicted octanol–water partition coefficient (Wildman–Crippen LogP) is 2.02. The Balaban J connectivity index is 2.57. The summed E-state index contributed by atoms with van der Waals surface area (Å²) in [4.78, 5) is 42.5. The number of carbonyl (C=O) groups is 3. The third-order valence-electron chi connectivity index (χ3n) is 4.51. The van der Waals surface area contributed by atoms with Crippen LogP contribution in [0.4, 0.5) is 0 Å². The van der Waals surface area contributed by atoms with Crippen LogP contribution in [-0.2, 0) is 23.9 Å². The first-order valence-electron chi connectivity index (χ1n) is 9.11. The van der Waals surface area contributed by atoms with Crippen LogP contribution in [0, 0.1) is 11.8 Å². The molecule has 0 unspecified atom stereocenters. The molecule has 1 aromatic heterocycles. The minimum atomic E-state index is -1.67. The van der Waals surface area contributed by atoms with Crippen LogP contribution >= 0.6 is 0 Å². The molecule has 0 amide bonds. The lowest BCUT2D eigenvalue weighted by molar-refractivity contribution is -0.176. The summed E-state index contributed by atoms with van der Waals surface area (Å²) in [5.74, 6) is -5.19. The van der Waals surface area contributed by atoms with Crippen LogP contribution < -0.4 is 0 Å². The number of aliphatic hydroxyl groups is 1. The lowest BCUT2D eigenvalue weighted by Crippen LogP contribution is -2.55. The van der Waals surface area contributed by atoms with Crippen LogP contribution in [0.15, 0.2) is 24.4 Å². The van der Waals surface area contributed by atoms with Crippen molar-refractivity contribution >= 4 is 17.7 Å². The fourth-order valence-electron chi connectivity index (χ4n) is 3.56. The quantitative estimate of drug-likeness (QED) is 0.618. The van der Waals surface area contributed by atoms with Crippen molar-refractivity contribution in [2.45, 2.75) is 64.8 Å². The summed E-state index contributed by atoms with van der Waals surface area (Å²) in [6.07, 6.45) is 0.347. The molecule has 27 heavy (non-hydrogen) atoms. The number of ketones is 1. The number of esters is 2. The maximum absolute atomic E-state index is 12.8. The molecule has 1 fully saturated rings. The number of nitrogens with zero attached hydrogens (tertiary/aromatic N) is 1. The summed E-state index contributed by atoms with van der Waals surface area (Å²) in [6, 6.07) is 5.02. The van der Waals surface area contributed by atoms with Crippen molar-refractivity contribution in [3.63, 3.8) is 0 Å². The molecule has 1 heterocycles. The molecule has 1 aromatic rings. The average molecular weight is 377 g/mol. The first-order chi connectivity index (χ1) is 12.5. The highest BCUT2D eigenvalue weighted by Gasteiger charge is 2.57. The van der Waals surface area contributed by atoms with E-state index in [0.717, 1.165) is 0 Å². The van der Waals surface area contributed by atoms with Crippen LogP contribution in [0.5, 0.6) is 0 Å². The van der Waals surface area contributed by atoms with E-state index < -0.39 is 53.3 Å². The third kappa shape index (κ3) is 4.71. The van der Waals surface area contributed by atoms with Gasteiger partial charge >= 0.3 is 11.9 Å². The van der Waals surface area contributed by atoms with Crippen molar-refractivity contribution in [3.05, 3.63) is 30.1 Å². The Morgan fingerprint density at radius 3 is 2.26 bits per heavy atom. The molecule has 7 heteroatoms. The van der Waals surface area contributed by atoms with Gasteiger partial charge < -0.3 is 14.6 Å². The number of pyridine rings is 1. The second-order valence-electron chi connectivity index (χ2n) is 7.71. The van der Waals surface area contributed by atoms with E-state index in [4.69, 9.17) is 9.47 Å². The topological polar surface area (TPSA) is 103 Å². The van der Waals surface area contributed by atoms with Gasteiger partial charge in [-0.1, -0.05) is 6.07 Å². The zero-order chi connectivity index (χ0) is 20.4. The zero-order valence-corrected chi connectivity index (χ0v) is 16.3. The van der Waals surface area contributed by atoms with E-state index in [9.17, 15) is 19.5 Å². The van der Waals surface area contributed by atoms with Gasteiger partial charge in [-0.15, -0.1) is 0 Å². The first-order valence-corrected chi connectivity index (χ1v) is 9.11. The number of hydrogen-bond acceptors (Lipinski definition) is 7. The van der Waals surface area contributed by atoms with Gasteiger partial charge in [0.2, 0.25) is 0 Å². The van der Waals surface area contributed by atoms with Gasteiger partial charge in [0, 0.05) is 24.2 Å². The van der Waals surface area contributed by atoms with Crippen LogP contribution in [0.1, 0.15) is 52.7 Å². The molecular weight excluding hydrogens is 350 g/mol. The molecule has 0 saturated heterocycles. The second-order valence-corrected chi connectivity index (χ2v) is 7.71. The van der Waals surface area contributed by atoms with Gasteiger partial charge in [-0.2, -0.15) is 0 Å². The van der Waals surface area contributed by atoms with Crippen molar-refractivity contribution < 1.29 is 29.0 Å². The average Bonchev–Trinajstić information content (AvgIpc) is 2.52. The molecule has 1 aliphatic rings. The SMILES string of the molecule is CC(C)OC(=O)[C@@H]1C(=O)C[C@](C)(O)[C@@H](C(=O)OC(C)C)[C@@H]1c1ccccn1. The van der Waals surface area contributed by atoms with Crippen LogP contribution in [0.25, 0.3) is 0 Å². The highest BCUT2D eigenvalue weighted by atomic mass is 16.5. The monoisotopic (exact) mass is 377 g/mol. The Bertz CT molecular complexity index is 690. The predicted molar refractivity (Wildman–Crippen MR) is 96.7 cm³/mol. The molecule has 0 spiro atoms. The molecule has 0 radical (unpaired) electrons. The summed E-state index contributed by atoms with van der Waals surface area (Å²) >= 11 is 0. The van der Waals surface area contributed by atoms with E-state index in [2.05, 4.69) is 4.98 Å². The largest absolute Gasteiger partial charge is 0.463 e. The molecule has 7 nitrogen and oxygen atoms in total. The summed E-state index contributed by atoms with van der Waals surface area (Å²) < 4.78 is 10.6. The van der Waals surface area contributed by atoms with Crippen molar-refractivity contribution in [3.8, 4) is 0 Å². The molecule has 0 bridgehead atoms. The Labute approximate surface area is 159 Å². The van der Waals surface area contributed by atoms with Crippen LogP contribution in [-0.4, -0.2) is 45.6 Å². The number of hydrogen-bond donors (Lipinski definition) is 1. The molecule has 2 rings (SSSR count). The van der Waals surface area contributed by atoms with Gasteiger partial charge in [-0.3, -0.25) is 19.4 Å². The number of rotatable bonds is 5. The number of carbonyl (C=O) groups excluding carboxylic acids is 3. The minimum Gasteiger partial charge on any atom is -0.463 e. The Kier molecular flexibility index (Phi) is 6.36. The van der Waals surface area contributed by atoms with Crippen LogP contribution in [0.3, 0.4) is 0 Å². The normalized spacial score (nSPS) is 28.3. The standard InChI is InChI=1S/C20H27NO6/c1-11(2)26-18(23)16-14(22)10-20(5,25)17(19(24)27-12(3)4)15(16)13-8-6-7-9-21-13/h6-9,11-12,15-17,25H,10H2,1-5H3/t15-,16-,17-,20+/m1/s1. The summed E-state index contributed by atoms with van der Waals surface area (Å²) in [6.45, 7) is 8.17. The molecule has 4 atom stereocenters. The number of Topliss-reactive ketones (excluding diaryl/α,β-unsaturated/α-hetero) is 1. The number of aromatic nitrogens is 1. The zero-order valence-electron chi connectivity index (χ0n) is 16.3. The molecule has 1 aliphatic carbocycles. The summed E-state index contributed by atoms with van der Waals surface area (Å²) in [7, 11) is 0. The molecule has 148 valence electrons. The molecule has 1 saturated carbocycles. The third-order valence-corrected chi connectivity index (χ3v) is 4.51. The minimum absolute atomic E-state index is 0.341. The van der Waals surface area contributed by atoms with Gasteiger partial charge in [0.25, 0.3) is 0 Å². The van der Waals surface area contributed by atoms with E-state index in [1.165, 1.54) is 13.1 Å². The van der Waals surface area contributed by atoms with Crippen molar-refractivity contribution in [1.82, 2.24) is 4.98 Å². The van der Waals surface area contributed by atoms with E-state index in [-0.39, 0.29) is 6.42 Å². The summed E-state index contributed by atoms with van der Waals surface area (Å²) in [5.41, 5.74) is -1.30. The molecular formula is C20H27NO6. The van der Waals surface area contributed by atoms with E-state index >= 15 is 0 Å².